The summed E-state index contributed by atoms with van der Waals surface area (Å²) in [6.45, 7) is 13.5. The van der Waals surface area contributed by atoms with Crippen molar-refractivity contribution in [1.29, 1.82) is 0 Å². The molecular formula is C19H29N3O2. The van der Waals surface area contributed by atoms with Gasteiger partial charge in [-0.05, 0) is 38.1 Å². The van der Waals surface area contributed by atoms with E-state index in [1.807, 2.05) is 30.9 Å². The second-order valence-corrected chi connectivity index (χ2v) is 6.33. The normalized spacial score (nSPS) is 15.2. The van der Waals surface area contributed by atoms with E-state index in [0.717, 1.165) is 44.0 Å². The highest BCUT2D eigenvalue weighted by molar-refractivity contribution is 5.78. The first kappa shape index (κ1) is 18.3. The van der Waals surface area contributed by atoms with E-state index < -0.39 is 0 Å². The van der Waals surface area contributed by atoms with E-state index in [4.69, 9.17) is 4.74 Å². The molecule has 1 amide bonds. The van der Waals surface area contributed by atoms with Crippen molar-refractivity contribution < 1.29 is 9.53 Å². The Morgan fingerprint density at radius 3 is 2.33 bits per heavy atom. The van der Waals surface area contributed by atoms with Crippen molar-refractivity contribution in [3.05, 3.63) is 36.4 Å². The molecule has 2 rings (SSSR count). The summed E-state index contributed by atoms with van der Waals surface area (Å²) in [4.78, 5) is 18.9. The van der Waals surface area contributed by atoms with Gasteiger partial charge in [0.25, 0.3) is 0 Å². The summed E-state index contributed by atoms with van der Waals surface area (Å²) < 4.78 is 5.20. The average Bonchev–Trinajstić information content (AvgIpc) is 2.60. The number of methoxy groups -OCH3 is 1. The van der Waals surface area contributed by atoms with Gasteiger partial charge in [-0.25, -0.2) is 0 Å². The lowest BCUT2D eigenvalue weighted by atomic mass is 10.2. The molecule has 132 valence electrons. The smallest absolute Gasteiger partial charge is 0.237 e. The standard InChI is InChI=1S/C19H29N3O2/c1-5-21(14-16(2)3)19(23)15-20-10-12-22(13-11-20)17-6-8-18(24-4)9-7-17/h6-9H,2,5,10-15H2,1,3-4H3. The van der Waals surface area contributed by atoms with Gasteiger partial charge in [0.1, 0.15) is 5.75 Å². The third-order valence-electron chi connectivity index (χ3n) is 4.36. The summed E-state index contributed by atoms with van der Waals surface area (Å²) in [5.74, 6) is 1.07. The molecular weight excluding hydrogens is 302 g/mol. The zero-order chi connectivity index (χ0) is 17.5. The molecule has 1 aliphatic heterocycles. The topological polar surface area (TPSA) is 36.0 Å². The second-order valence-electron chi connectivity index (χ2n) is 6.33. The number of carbonyl (C=O) groups is 1. The van der Waals surface area contributed by atoms with Crippen LogP contribution in [0.5, 0.6) is 5.75 Å². The molecule has 1 saturated heterocycles. The minimum atomic E-state index is 0.193. The number of anilines is 1. The highest BCUT2D eigenvalue weighted by Gasteiger charge is 2.21. The van der Waals surface area contributed by atoms with Gasteiger partial charge >= 0.3 is 0 Å². The van der Waals surface area contributed by atoms with E-state index in [2.05, 4.69) is 28.5 Å². The molecule has 5 nitrogen and oxygen atoms in total. The molecule has 0 atom stereocenters. The quantitative estimate of drug-likeness (QED) is 0.718. The summed E-state index contributed by atoms with van der Waals surface area (Å²) in [6.07, 6.45) is 0. The molecule has 0 radical (unpaired) electrons. The molecule has 1 heterocycles. The van der Waals surface area contributed by atoms with Gasteiger partial charge in [0.2, 0.25) is 5.91 Å². The Balaban J connectivity index is 1.83. The number of amides is 1. The SMILES string of the molecule is C=C(C)CN(CC)C(=O)CN1CCN(c2ccc(OC)cc2)CC1. The van der Waals surface area contributed by atoms with Crippen LogP contribution in [-0.2, 0) is 4.79 Å². The summed E-state index contributed by atoms with van der Waals surface area (Å²) in [5, 5.41) is 0. The van der Waals surface area contributed by atoms with E-state index in [1.54, 1.807) is 7.11 Å². The third kappa shape index (κ3) is 4.99. The van der Waals surface area contributed by atoms with Crippen LogP contribution in [0.2, 0.25) is 0 Å². The number of rotatable bonds is 7. The molecule has 1 fully saturated rings. The van der Waals surface area contributed by atoms with Crippen LogP contribution >= 0.6 is 0 Å². The molecule has 0 bridgehead atoms. The van der Waals surface area contributed by atoms with Crippen LogP contribution in [0.1, 0.15) is 13.8 Å². The van der Waals surface area contributed by atoms with Gasteiger partial charge in [0, 0.05) is 45.0 Å². The van der Waals surface area contributed by atoms with Crippen molar-refractivity contribution in [2.45, 2.75) is 13.8 Å². The number of nitrogens with zero attached hydrogens (tertiary/aromatic N) is 3. The second kappa shape index (κ2) is 8.73. The number of piperazine rings is 1. The van der Waals surface area contributed by atoms with Crippen molar-refractivity contribution in [2.24, 2.45) is 0 Å². The number of hydrogen-bond donors (Lipinski definition) is 0. The first-order valence-electron chi connectivity index (χ1n) is 8.57. The molecule has 24 heavy (non-hydrogen) atoms. The maximum atomic E-state index is 12.4. The molecule has 5 heteroatoms. The minimum Gasteiger partial charge on any atom is -0.497 e. The van der Waals surface area contributed by atoms with Gasteiger partial charge in [-0.15, -0.1) is 0 Å². The average molecular weight is 331 g/mol. The van der Waals surface area contributed by atoms with Crippen LogP contribution in [0.15, 0.2) is 36.4 Å². The van der Waals surface area contributed by atoms with Gasteiger partial charge in [-0.1, -0.05) is 12.2 Å². The Hall–Kier alpha value is -2.01. The van der Waals surface area contributed by atoms with E-state index in [-0.39, 0.29) is 5.91 Å². The Bertz CT molecular complexity index is 548. The number of benzene rings is 1. The Labute approximate surface area is 145 Å². The maximum absolute atomic E-state index is 12.4. The van der Waals surface area contributed by atoms with Crippen molar-refractivity contribution in [3.63, 3.8) is 0 Å². The van der Waals surface area contributed by atoms with Crippen molar-refractivity contribution >= 4 is 11.6 Å². The molecule has 1 aromatic rings. The van der Waals surface area contributed by atoms with Crippen molar-refractivity contribution in [1.82, 2.24) is 9.80 Å². The van der Waals surface area contributed by atoms with E-state index in [0.29, 0.717) is 13.1 Å². The zero-order valence-corrected chi connectivity index (χ0v) is 15.1. The van der Waals surface area contributed by atoms with E-state index in [1.165, 1.54) is 5.69 Å². The Morgan fingerprint density at radius 1 is 1.21 bits per heavy atom. The number of hydrogen-bond acceptors (Lipinski definition) is 4. The fourth-order valence-corrected chi connectivity index (χ4v) is 2.95. The predicted molar refractivity (Wildman–Crippen MR) is 98.7 cm³/mol. The predicted octanol–water partition coefficient (Wildman–Crippen LogP) is 2.24. The van der Waals surface area contributed by atoms with Gasteiger partial charge < -0.3 is 14.5 Å². The number of likely N-dealkylation sites (N-methyl/N-ethyl adjacent to an activating group) is 1. The lowest BCUT2D eigenvalue weighted by Crippen LogP contribution is -2.50. The molecule has 0 spiro atoms. The number of ether oxygens (including phenoxy) is 1. The maximum Gasteiger partial charge on any atom is 0.237 e. The Morgan fingerprint density at radius 2 is 1.83 bits per heavy atom. The molecule has 0 aromatic heterocycles. The highest BCUT2D eigenvalue weighted by atomic mass is 16.5. The first-order valence-corrected chi connectivity index (χ1v) is 8.57. The summed E-state index contributed by atoms with van der Waals surface area (Å²) in [5.41, 5.74) is 2.23. The first-order chi connectivity index (χ1) is 11.5. The fourth-order valence-electron chi connectivity index (χ4n) is 2.95. The van der Waals surface area contributed by atoms with Crippen molar-refractivity contribution in [2.75, 3.05) is 57.8 Å². The van der Waals surface area contributed by atoms with Crippen LogP contribution < -0.4 is 9.64 Å². The minimum absolute atomic E-state index is 0.193. The summed E-state index contributed by atoms with van der Waals surface area (Å²) in [7, 11) is 1.68. The summed E-state index contributed by atoms with van der Waals surface area (Å²) in [6, 6.07) is 8.15. The van der Waals surface area contributed by atoms with Crippen LogP contribution in [0.25, 0.3) is 0 Å². The highest BCUT2D eigenvalue weighted by Crippen LogP contribution is 2.20. The monoisotopic (exact) mass is 331 g/mol. The van der Waals surface area contributed by atoms with Gasteiger partial charge in [-0.3, -0.25) is 9.69 Å². The Kier molecular flexibility index (Phi) is 6.67. The zero-order valence-electron chi connectivity index (χ0n) is 15.1. The van der Waals surface area contributed by atoms with Crippen LogP contribution in [0, 0.1) is 0 Å². The van der Waals surface area contributed by atoms with Gasteiger partial charge in [0.05, 0.1) is 13.7 Å². The van der Waals surface area contributed by atoms with Gasteiger partial charge in [0.15, 0.2) is 0 Å². The third-order valence-corrected chi connectivity index (χ3v) is 4.36. The van der Waals surface area contributed by atoms with Crippen LogP contribution in [-0.4, -0.2) is 68.6 Å². The van der Waals surface area contributed by atoms with Crippen molar-refractivity contribution in [3.8, 4) is 5.75 Å². The molecule has 0 N–H and O–H groups in total. The molecule has 0 saturated carbocycles. The summed E-state index contributed by atoms with van der Waals surface area (Å²) >= 11 is 0. The molecule has 1 aliphatic rings. The molecule has 0 unspecified atom stereocenters. The van der Waals surface area contributed by atoms with E-state index in [9.17, 15) is 4.79 Å². The largest absolute Gasteiger partial charge is 0.497 e. The van der Waals surface area contributed by atoms with Crippen LogP contribution in [0.3, 0.4) is 0 Å². The van der Waals surface area contributed by atoms with Gasteiger partial charge in [-0.2, -0.15) is 0 Å². The molecule has 1 aromatic carbocycles. The lowest BCUT2D eigenvalue weighted by molar-refractivity contribution is -0.131. The lowest BCUT2D eigenvalue weighted by Gasteiger charge is -2.36. The van der Waals surface area contributed by atoms with E-state index >= 15 is 0 Å². The molecule has 0 aliphatic carbocycles. The number of carbonyl (C=O) groups excluding carboxylic acids is 1. The fraction of sp³-hybridized carbons (Fsp3) is 0.526. The van der Waals surface area contributed by atoms with Crippen LogP contribution in [0.4, 0.5) is 5.69 Å².